The number of fused-ring (bicyclic) bond motifs is 1. The van der Waals surface area contributed by atoms with E-state index in [9.17, 15) is 0 Å². The Kier molecular flexibility index (Phi) is 2.35. The SMILES string of the molecule is CCOc1ccc2nc(C)ccc2c1. The van der Waals surface area contributed by atoms with Crippen molar-refractivity contribution in [3.63, 3.8) is 0 Å². The minimum absolute atomic E-state index is 0.699. The molecule has 2 rings (SSSR count). The zero-order valence-corrected chi connectivity index (χ0v) is 8.45. The van der Waals surface area contributed by atoms with Crippen molar-refractivity contribution >= 4 is 10.9 Å². The number of hydrogen-bond donors (Lipinski definition) is 0. The van der Waals surface area contributed by atoms with Gasteiger partial charge in [-0.05, 0) is 38.1 Å². The molecule has 0 radical (unpaired) electrons. The third-order valence-corrected chi connectivity index (χ3v) is 2.11. The Morgan fingerprint density at radius 1 is 1.21 bits per heavy atom. The van der Waals surface area contributed by atoms with Crippen LogP contribution in [0.25, 0.3) is 10.9 Å². The molecule has 72 valence electrons. The lowest BCUT2D eigenvalue weighted by atomic mass is 10.2. The van der Waals surface area contributed by atoms with Crippen molar-refractivity contribution in [2.45, 2.75) is 13.8 Å². The summed E-state index contributed by atoms with van der Waals surface area (Å²) in [5.74, 6) is 0.908. The van der Waals surface area contributed by atoms with E-state index >= 15 is 0 Å². The minimum Gasteiger partial charge on any atom is -0.494 e. The highest BCUT2D eigenvalue weighted by atomic mass is 16.5. The molecule has 0 aliphatic carbocycles. The lowest BCUT2D eigenvalue weighted by Crippen LogP contribution is -1.91. The van der Waals surface area contributed by atoms with E-state index in [-0.39, 0.29) is 0 Å². The molecule has 0 amide bonds. The number of pyridine rings is 1. The van der Waals surface area contributed by atoms with Crippen molar-refractivity contribution in [1.82, 2.24) is 4.98 Å². The normalized spacial score (nSPS) is 10.4. The standard InChI is InChI=1S/C12H13NO/c1-3-14-11-6-7-12-10(8-11)5-4-9(2)13-12/h4-8H,3H2,1-2H3. The molecule has 2 aromatic rings. The van der Waals surface area contributed by atoms with E-state index in [1.54, 1.807) is 0 Å². The molecule has 0 aliphatic heterocycles. The smallest absolute Gasteiger partial charge is 0.120 e. The topological polar surface area (TPSA) is 22.1 Å². The molecular weight excluding hydrogens is 174 g/mol. The molecule has 0 saturated heterocycles. The molecule has 0 spiro atoms. The summed E-state index contributed by atoms with van der Waals surface area (Å²) in [5.41, 5.74) is 2.06. The summed E-state index contributed by atoms with van der Waals surface area (Å²) < 4.78 is 5.42. The first-order valence-corrected chi connectivity index (χ1v) is 4.80. The predicted molar refractivity (Wildman–Crippen MR) is 57.6 cm³/mol. The number of rotatable bonds is 2. The molecule has 1 aromatic heterocycles. The number of ether oxygens (including phenoxy) is 1. The molecular formula is C12H13NO. The molecule has 2 heteroatoms. The molecule has 1 aromatic carbocycles. The Morgan fingerprint density at radius 2 is 2.07 bits per heavy atom. The van der Waals surface area contributed by atoms with Gasteiger partial charge in [0.25, 0.3) is 0 Å². The average Bonchev–Trinajstić information content (AvgIpc) is 2.19. The summed E-state index contributed by atoms with van der Waals surface area (Å²) in [5, 5.41) is 1.13. The molecule has 0 fully saturated rings. The average molecular weight is 187 g/mol. The van der Waals surface area contributed by atoms with Gasteiger partial charge in [-0.3, -0.25) is 4.98 Å². The van der Waals surface area contributed by atoms with Gasteiger partial charge in [0.15, 0.2) is 0 Å². The number of nitrogens with zero attached hydrogens (tertiary/aromatic N) is 1. The third kappa shape index (κ3) is 1.69. The van der Waals surface area contributed by atoms with Crippen LogP contribution < -0.4 is 4.74 Å². The fourth-order valence-electron chi connectivity index (χ4n) is 1.46. The van der Waals surface area contributed by atoms with Crippen LogP contribution in [-0.2, 0) is 0 Å². The molecule has 0 bridgehead atoms. The van der Waals surface area contributed by atoms with Crippen molar-refractivity contribution in [3.05, 3.63) is 36.0 Å². The summed E-state index contributed by atoms with van der Waals surface area (Å²) in [7, 11) is 0. The minimum atomic E-state index is 0.699. The van der Waals surface area contributed by atoms with Crippen LogP contribution in [0.3, 0.4) is 0 Å². The summed E-state index contributed by atoms with van der Waals surface area (Å²) >= 11 is 0. The second kappa shape index (κ2) is 3.66. The van der Waals surface area contributed by atoms with Crippen LogP contribution in [-0.4, -0.2) is 11.6 Å². The fraction of sp³-hybridized carbons (Fsp3) is 0.250. The predicted octanol–water partition coefficient (Wildman–Crippen LogP) is 2.94. The highest BCUT2D eigenvalue weighted by Crippen LogP contribution is 2.19. The number of aromatic nitrogens is 1. The lowest BCUT2D eigenvalue weighted by molar-refractivity contribution is 0.340. The monoisotopic (exact) mass is 187 g/mol. The van der Waals surface area contributed by atoms with Crippen LogP contribution >= 0.6 is 0 Å². The van der Waals surface area contributed by atoms with Crippen molar-refractivity contribution < 1.29 is 4.74 Å². The third-order valence-electron chi connectivity index (χ3n) is 2.11. The van der Waals surface area contributed by atoms with Gasteiger partial charge in [0.05, 0.1) is 12.1 Å². The highest BCUT2D eigenvalue weighted by Gasteiger charge is 1.97. The molecule has 0 aliphatic rings. The maximum absolute atomic E-state index is 5.42. The lowest BCUT2D eigenvalue weighted by Gasteiger charge is -2.04. The first-order chi connectivity index (χ1) is 6.79. The van der Waals surface area contributed by atoms with Gasteiger partial charge >= 0.3 is 0 Å². The summed E-state index contributed by atoms with van der Waals surface area (Å²) in [6, 6.07) is 10.1. The summed E-state index contributed by atoms with van der Waals surface area (Å²) in [6.07, 6.45) is 0. The second-order valence-electron chi connectivity index (χ2n) is 3.24. The van der Waals surface area contributed by atoms with E-state index in [0.29, 0.717) is 6.61 Å². The van der Waals surface area contributed by atoms with Gasteiger partial charge in [-0.15, -0.1) is 0 Å². The van der Waals surface area contributed by atoms with Crippen LogP contribution in [0.1, 0.15) is 12.6 Å². The van der Waals surface area contributed by atoms with Crippen molar-refractivity contribution in [2.75, 3.05) is 6.61 Å². The number of benzene rings is 1. The van der Waals surface area contributed by atoms with Gasteiger partial charge in [0.1, 0.15) is 5.75 Å². The van der Waals surface area contributed by atoms with Crippen LogP contribution in [0.4, 0.5) is 0 Å². The van der Waals surface area contributed by atoms with Gasteiger partial charge in [-0.2, -0.15) is 0 Å². The fourth-order valence-corrected chi connectivity index (χ4v) is 1.46. The van der Waals surface area contributed by atoms with E-state index in [4.69, 9.17) is 4.74 Å². The molecule has 0 unspecified atom stereocenters. The van der Waals surface area contributed by atoms with Crippen LogP contribution in [0.15, 0.2) is 30.3 Å². The van der Waals surface area contributed by atoms with E-state index < -0.39 is 0 Å². The van der Waals surface area contributed by atoms with E-state index in [1.807, 2.05) is 38.1 Å². The van der Waals surface area contributed by atoms with E-state index in [1.165, 1.54) is 0 Å². The molecule has 0 saturated carbocycles. The molecule has 2 nitrogen and oxygen atoms in total. The molecule has 0 N–H and O–H groups in total. The van der Waals surface area contributed by atoms with Gasteiger partial charge in [0, 0.05) is 11.1 Å². The molecule has 1 heterocycles. The van der Waals surface area contributed by atoms with Gasteiger partial charge in [0.2, 0.25) is 0 Å². The Balaban J connectivity index is 2.50. The van der Waals surface area contributed by atoms with Crippen molar-refractivity contribution in [3.8, 4) is 5.75 Å². The number of aryl methyl sites for hydroxylation is 1. The molecule has 0 atom stereocenters. The van der Waals surface area contributed by atoms with Gasteiger partial charge in [-0.1, -0.05) is 6.07 Å². The van der Waals surface area contributed by atoms with Crippen LogP contribution in [0.5, 0.6) is 5.75 Å². The van der Waals surface area contributed by atoms with Crippen LogP contribution in [0, 0.1) is 6.92 Å². The summed E-state index contributed by atoms with van der Waals surface area (Å²) in [4.78, 5) is 4.42. The Morgan fingerprint density at radius 3 is 2.86 bits per heavy atom. The number of hydrogen-bond acceptors (Lipinski definition) is 2. The maximum atomic E-state index is 5.42. The Hall–Kier alpha value is -1.57. The maximum Gasteiger partial charge on any atom is 0.120 e. The Labute approximate surface area is 83.5 Å². The zero-order chi connectivity index (χ0) is 9.97. The largest absolute Gasteiger partial charge is 0.494 e. The summed E-state index contributed by atoms with van der Waals surface area (Å²) in [6.45, 7) is 4.68. The van der Waals surface area contributed by atoms with E-state index in [0.717, 1.165) is 22.3 Å². The Bertz CT molecular complexity index is 451. The first kappa shape index (κ1) is 9.00. The highest BCUT2D eigenvalue weighted by molar-refractivity contribution is 5.80. The van der Waals surface area contributed by atoms with Crippen molar-refractivity contribution in [2.24, 2.45) is 0 Å². The van der Waals surface area contributed by atoms with Gasteiger partial charge in [-0.25, -0.2) is 0 Å². The first-order valence-electron chi connectivity index (χ1n) is 4.80. The van der Waals surface area contributed by atoms with E-state index in [2.05, 4.69) is 11.1 Å². The molecule has 14 heavy (non-hydrogen) atoms. The van der Waals surface area contributed by atoms with Gasteiger partial charge < -0.3 is 4.74 Å². The zero-order valence-electron chi connectivity index (χ0n) is 8.45. The van der Waals surface area contributed by atoms with Crippen molar-refractivity contribution in [1.29, 1.82) is 0 Å². The van der Waals surface area contributed by atoms with Crippen LogP contribution in [0.2, 0.25) is 0 Å². The quantitative estimate of drug-likeness (QED) is 0.721. The second-order valence-corrected chi connectivity index (χ2v) is 3.24.